The lowest BCUT2D eigenvalue weighted by Crippen LogP contribution is -2.11. The second-order valence-electron chi connectivity index (χ2n) is 6.40. The lowest BCUT2D eigenvalue weighted by molar-refractivity contribution is 0.200. The van der Waals surface area contributed by atoms with Gasteiger partial charge in [0.1, 0.15) is 18.2 Å². The molecule has 5 heteroatoms. The molecule has 2 aromatic carbocycles. The number of aliphatic hydroxyl groups is 1. The molecule has 0 bridgehead atoms. The van der Waals surface area contributed by atoms with Gasteiger partial charge in [-0.05, 0) is 68.1 Å². The third-order valence-corrected chi connectivity index (χ3v) is 4.22. The molecule has 0 saturated carbocycles. The van der Waals surface area contributed by atoms with Crippen LogP contribution >= 0.6 is 0 Å². The Kier molecular flexibility index (Phi) is 4.59. The lowest BCUT2D eigenvalue weighted by atomic mass is 10.0. The van der Waals surface area contributed by atoms with Crippen molar-refractivity contribution in [2.24, 2.45) is 0 Å². The molecule has 25 heavy (non-hydrogen) atoms. The molecular formula is C20H22N2O3. The minimum atomic E-state index is -0.131. The maximum absolute atomic E-state index is 12.5. The third-order valence-electron chi connectivity index (χ3n) is 4.22. The van der Waals surface area contributed by atoms with Gasteiger partial charge in [-0.25, -0.2) is 4.98 Å². The Hall–Kier alpha value is -2.66. The van der Waals surface area contributed by atoms with E-state index in [1.54, 1.807) is 0 Å². The number of benzene rings is 2. The molecule has 0 aliphatic heterocycles. The van der Waals surface area contributed by atoms with Crippen LogP contribution in [0.3, 0.4) is 0 Å². The van der Waals surface area contributed by atoms with Gasteiger partial charge in [0.25, 0.3) is 5.56 Å². The summed E-state index contributed by atoms with van der Waals surface area (Å²) in [6.07, 6.45) is 0. The molecule has 2 N–H and O–H groups in total. The number of aromatic amines is 1. The van der Waals surface area contributed by atoms with E-state index in [0.717, 1.165) is 33.6 Å². The van der Waals surface area contributed by atoms with E-state index < -0.39 is 0 Å². The zero-order valence-electron chi connectivity index (χ0n) is 14.9. The van der Waals surface area contributed by atoms with E-state index in [4.69, 9.17) is 9.84 Å². The van der Waals surface area contributed by atoms with Crippen molar-refractivity contribution in [1.29, 1.82) is 0 Å². The highest BCUT2D eigenvalue weighted by Crippen LogP contribution is 2.29. The normalized spacial score (nSPS) is 11.1. The Morgan fingerprint density at radius 1 is 1.04 bits per heavy atom. The minimum Gasteiger partial charge on any atom is -0.491 e. The van der Waals surface area contributed by atoms with Gasteiger partial charge in [-0.1, -0.05) is 6.07 Å². The Labute approximate surface area is 146 Å². The summed E-state index contributed by atoms with van der Waals surface area (Å²) in [4.78, 5) is 20.1. The monoisotopic (exact) mass is 338 g/mol. The van der Waals surface area contributed by atoms with Crippen LogP contribution in [0.2, 0.25) is 0 Å². The summed E-state index contributed by atoms with van der Waals surface area (Å²) in [5, 5.41) is 9.57. The topological polar surface area (TPSA) is 75.2 Å². The Morgan fingerprint density at radius 2 is 1.72 bits per heavy atom. The van der Waals surface area contributed by atoms with Crippen molar-refractivity contribution >= 4 is 10.9 Å². The molecule has 3 aromatic rings. The van der Waals surface area contributed by atoms with Gasteiger partial charge in [0.2, 0.25) is 0 Å². The first-order valence-electron chi connectivity index (χ1n) is 8.27. The van der Waals surface area contributed by atoms with Gasteiger partial charge in [0.15, 0.2) is 0 Å². The SMILES string of the molecule is Cc1cc(C)c2c(=O)[nH]c(-c3cc(C)c(OCCO)c(C)c3)nc2c1. The van der Waals surface area contributed by atoms with Crippen molar-refractivity contribution in [3.63, 3.8) is 0 Å². The summed E-state index contributed by atoms with van der Waals surface area (Å²) in [7, 11) is 0. The average Bonchev–Trinajstić information content (AvgIpc) is 2.52. The van der Waals surface area contributed by atoms with Gasteiger partial charge in [0.05, 0.1) is 17.5 Å². The van der Waals surface area contributed by atoms with Gasteiger partial charge in [-0.15, -0.1) is 0 Å². The highest BCUT2D eigenvalue weighted by atomic mass is 16.5. The number of aliphatic hydroxyl groups excluding tert-OH is 1. The van der Waals surface area contributed by atoms with Crippen molar-refractivity contribution in [3.8, 4) is 17.1 Å². The van der Waals surface area contributed by atoms with Gasteiger partial charge >= 0.3 is 0 Å². The van der Waals surface area contributed by atoms with Crippen LogP contribution in [0.25, 0.3) is 22.3 Å². The van der Waals surface area contributed by atoms with Crippen LogP contribution in [0.1, 0.15) is 22.3 Å². The number of ether oxygens (including phenoxy) is 1. The van der Waals surface area contributed by atoms with Gasteiger partial charge in [0, 0.05) is 5.56 Å². The van der Waals surface area contributed by atoms with Crippen molar-refractivity contribution < 1.29 is 9.84 Å². The summed E-state index contributed by atoms with van der Waals surface area (Å²) >= 11 is 0. The number of aryl methyl sites for hydroxylation is 4. The Bertz CT molecular complexity index is 983. The van der Waals surface area contributed by atoms with Gasteiger partial charge in [-0.2, -0.15) is 0 Å². The molecule has 0 amide bonds. The predicted octanol–water partition coefficient (Wildman–Crippen LogP) is 3.19. The first kappa shape index (κ1) is 17.2. The third kappa shape index (κ3) is 3.28. The van der Waals surface area contributed by atoms with Crippen LogP contribution < -0.4 is 10.3 Å². The molecule has 0 saturated heterocycles. The van der Waals surface area contributed by atoms with Crippen LogP contribution in [0.5, 0.6) is 5.75 Å². The van der Waals surface area contributed by atoms with Crippen molar-refractivity contribution in [2.45, 2.75) is 27.7 Å². The quantitative estimate of drug-likeness (QED) is 0.766. The molecule has 0 unspecified atom stereocenters. The van der Waals surface area contributed by atoms with Crippen molar-refractivity contribution in [1.82, 2.24) is 9.97 Å². The van der Waals surface area contributed by atoms with E-state index in [0.29, 0.717) is 16.7 Å². The molecule has 1 heterocycles. The number of nitrogens with zero attached hydrogens (tertiary/aromatic N) is 1. The number of H-pyrrole nitrogens is 1. The van der Waals surface area contributed by atoms with Crippen LogP contribution in [-0.2, 0) is 0 Å². The molecule has 1 aromatic heterocycles. The van der Waals surface area contributed by atoms with E-state index in [1.165, 1.54) is 0 Å². The summed E-state index contributed by atoms with van der Waals surface area (Å²) in [6, 6.07) is 7.79. The minimum absolute atomic E-state index is 0.0289. The summed E-state index contributed by atoms with van der Waals surface area (Å²) < 4.78 is 5.59. The molecule has 0 aliphatic carbocycles. The van der Waals surface area contributed by atoms with Crippen molar-refractivity contribution in [2.75, 3.05) is 13.2 Å². The lowest BCUT2D eigenvalue weighted by Gasteiger charge is -2.13. The number of hydrogen-bond acceptors (Lipinski definition) is 4. The van der Waals surface area contributed by atoms with Crippen LogP contribution in [0, 0.1) is 27.7 Å². The van der Waals surface area contributed by atoms with E-state index in [1.807, 2.05) is 52.0 Å². The molecule has 3 rings (SSSR count). The Balaban J connectivity index is 2.15. The number of aromatic nitrogens is 2. The molecule has 0 aliphatic rings. The van der Waals surface area contributed by atoms with E-state index in [9.17, 15) is 4.79 Å². The highest BCUT2D eigenvalue weighted by molar-refractivity contribution is 5.83. The van der Waals surface area contributed by atoms with Crippen LogP contribution in [-0.4, -0.2) is 28.3 Å². The number of fused-ring (bicyclic) bond motifs is 1. The summed E-state index contributed by atoms with van der Waals surface area (Å²) in [5.41, 5.74) is 5.29. The zero-order valence-corrected chi connectivity index (χ0v) is 14.9. The molecule has 0 spiro atoms. The second-order valence-corrected chi connectivity index (χ2v) is 6.40. The van der Waals surface area contributed by atoms with Crippen molar-refractivity contribution in [3.05, 3.63) is 56.9 Å². The standard InChI is InChI=1S/C20H22N2O3/c1-11-7-12(2)17-16(8-11)21-19(22-20(17)24)15-9-13(3)18(14(4)10-15)25-6-5-23/h7-10,23H,5-6H2,1-4H3,(H,21,22,24). The summed E-state index contributed by atoms with van der Waals surface area (Å²) in [5.74, 6) is 1.30. The molecular weight excluding hydrogens is 316 g/mol. The fourth-order valence-corrected chi connectivity index (χ4v) is 3.25. The molecule has 0 radical (unpaired) electrons. The largest absolute Gasteiger partial charge is 0.491 e. The van der Waals surface area contributed by atoms with Crippen LogP contribution in [0.15, 0.2) is 29.1 Å². The second kappa shape index (κ2) is 6.69. The maximum atomic E-state index is 12.5. The maximum Gasteiger partial charge on any atom is 0.259 e. The molecule has 130 valence electrons. The first-order chi connectivity index (χ1) is 11.9. The van der Waals surface area contributed by atoms with Gasteiger partial charge in [-0.3, -0.25) is 4.79 Å². The molecule has 0 atom stereocenters. The van der Waals surface area contributed by atoms with Gasteiger partial charge < -0.3 is 14.8 Å². The van der Waals surface area contributed by atoms with Crippen LogP contribution in [0.4, 0.5) is 0 Å². The van der Waals surface area contributed by atoms with E-state index in [2.05, 4.69) is 9.97 Å². The number of rotatable bonds is 4. The fourth-order valence-electron chi connectivity index (χ4n) is 3.25. The molecule has 5 nitrogen and oxygen atoms in total. The average molecular weight is 338 g/mol. The smallest absolute Gasteiger partial charge is 0.259 e. The first-order valence-corrected chi connectivity index (χ1v) is 8.27. The highest BCUT2D eigenvalue weighted by Gasteiger charge is 2.12. The fraction of sp³-hybridized carbons (Fsp3) is 0.300. The predicted molar refractivity (Wildman–Crippen MR) is 99.3 cm³/mol. The zero-order chi connectivity index (χ0) is 18.1. The van der Waals surface area contributed by atoms with E-state index >= 15 is 0 Å². The summed E-state index contributed by atoms with van der Waals surface area (Å²) in [6.45, 7) is 8.03. The van der Waals surface area contributed by atoms with E-state index in [-0.39, 0.29) is 18.8 Å². The number of hydrogen-bond donors (Lipinski definition) is 2. The number of nitrogens with one attached hydrogen (secondary N) is 1. The molecule has 0 fully saturated rings. The Morgan fingerprint density at radius 3 is 2.36 bits per heavy atom.